The minimum absolute atomic E-state index is 0.0847. The average molecular weight is 272 g/mol. The molecular weight excluding hydrogens is 260 g/mol. The Morgan fingerprint density at radius 2 is 2.15 bits per heavy atom. The molecule has 0 radical (unpaired) electrons. The van der Waals surface area contributed by atoms with E-state index in [2.05, 4.69) is 10.1 Å². The Kier molecular flexibility index (Phi) is 3.20. The predicted octanol–water partition coefficient (Wildman–Crippen LogP) is 2.89. The summed E-state index contributed by atoms with van der Waals surface area (Å²) in [6.45, 7) is 0. The normalized spacial score (nSPS) is 11.0. The summed E-state index contributed by atoms with van der Waals surface area (Å²) in [5.41, 5.74) is 0. The number of carbonyl (C=O) groups is 1. The summed E-state index contributed by atoms with van der Waals surface area (Å²) in [6, 6.07) is 7.70. The number of carboxylic acids is 1. The second-order valence-corrected chi connectivity index (χ2v) is 4.41. The molecule has 20 heavy (non-hydrogen) atoms. The number of aliphatic carboxylic acids is 1. The first kappa shape index (κ1) is 12.4. The molecule has 0 unspecified atom stereocenters. The van der Waals surface area contributed by atoms with E-state index >= 15 is 0 Å². The predicted molar refractivity (Wildman–Crippen MR) is 70.1 cm³/mol. The Morgan fingerprint density at radius 3 is 3.00 bits per heavy atom. The van der Waals surface area contributed by atoms with Crippen LogP contribution in [0.4, 0.5) is 0 Å². The van der Waals surface area contributed by atoms with E-state index in [4.69, 9.17) is 14.0 Å². The van der Waals surface area contributed by atoms with Crippen molar-refractivity contribution in [2.24, 2.45) is 0 Å². The number of aryl methyl sites for hydroxylation is 1. The number of nitrogens with zero attached hydrogens (tertiary/aromatic N) is 2. The van der Waals surface area contributed by atoms with Crippen molar-refractivity contribution in [3.8, 4) is 11.6 Å². The van der Waals surface area contributed by atoms with Crippen molar-refractivity contribution in [1.82, 2.24) is 10.1 Å². The van der Waals surface area contributed by atoms with Crippen molar-refractivity contribution < 1.29 is 18.8 Å². The number of rotatable bonds is 5. The summed E-state index contributed by atoms with van der Waals surface area (Å²) in [4.78, 5) is 14.7. The van der Waals surface area contributed by atoms with Gasteiger partial charge in [-0.15, -0.1) is 0 Å². The fourth-order valence-corrected chi connectivity index (χ4v) is 2.01. The minimum atomic E-state index is -0.832. The summed E-state index contributed by atoms with van der Waals surface area (Å²) in [7, 11) is 0. The lowest BCUT2D eigenvalue weighted by atomic mass is 10.2. The molecule has 0 atom stereocenters. The molecule has 102 valence electrons. The first-order chi connectivity index (χ1) is 9.74. The number of furan rings is 1. The largest absolute Gasteiger partial charge is 0.481 e. The molecule has 1 aromatic carbocycles. The maximum absolute atomic E-state index is 10.4. The van der Waals surface area contributed by atoms with Crippen LogP contribution in [-0.4, -0.2) is 21.2 Å². The highest BCUT2D eigenvalue weighted by atomic mass is 16.5. The zero-order valence-electron chi connectivity index (χ0n) is 10.6. The Morgan fingerprint density at radius 1 is 1.30 bits per heavy atom. The number of aromatic nitrogens is 2. The van der Waals surface area contributed by atoms with Gasteiger partial charge >= 0.3 is 5.97 Å². The van der Waals surface area contributed by atoms with E-state index in [-0.39, 0.29) is 6.42 Å². The van der Waals surface area contributed by atoms with Gasteiger partial charge in [0.1, 0.15) is 0 Å². The second kappa shape index (κ2) is 5.16. The molecule has 0 fully saturated rings. The van der Waals surface area contributed by atoms with Crippen LogP contribution in [0, 0.1) is 0 Å². The highest BCUT2D eigenvalue weighted by Crippen LogP contribution is 2.28. The molecule has 0 aliphatic carbocycles. The Bertz CT molecular complexity index is 744. The Hall–Kier alpha value is -2.63. The molecule has 6 nitrogen and oxygen atoms in total. The lowest BCUT2D eigenvalue weighted by Crippen LogP contribution is -1.95. The number of carboxylic acid groups (broad SMARTS) is 1. The van der Waals surface area contributed by atoms with E-state index in [0.717, 1.165) is 10.8 Å². The molecule has 0 saturated carbocycles. The zero-order chi connectivity index (χ0) is 13.9. The average Bonchev–Trinajstić information content (AvgIpc) is 3.04. The molecule has 3 aromatic rings. The van der Waals surface area contributed by atoms with Gasteiger partial charge in [0.15, 0.2) is 5.76 Å². The van der Waals surface area contributed by atoms with E-state index in [0.29, 0.717) is 30.3 Å². The van der Waals surface area contributed by atoms with Gasteiger partial charge in [-0.25, -0.2) is 0 Å². The molecule has 0 spiro atoms. The molecule has 6 heteroatoms. The van der Waals surface area contributed by atoms with Crippen molar-refractivity contribution in [3.63, 3.8) is 0 Å². The van der Waals surface area contributed by atoms with E-state index < -0.39 is 5.97 Å². The van der Waals surface area contributed by atoms with Gasteiger partial charge in [0.25, 0.3) is 0 Å². The van der Waals surface area contributed by atoms with Crippen molar-refractivity contribution in [3.05, 3.63) is 36.4 Å². The van der Waals surface area contributed by atoms with Crippen LogP contribution < -0.4 is 0 Å². The minimum Gasteiger partial charge on any atom is -0.481 e. The highest BCUT2D eigenvalue weighted by molar-refractivity contribution is 5.92. The second-order valence-electron chi connectivity index (χ2n) is 4.41. The highest BCUT2D eigenvalue weighted by Gasteiger charge is 2.15. The van der Waals surface area contributed by atoms with Crippen LogP contribution in [-0.2, 0) is 11.2 Å². The summed E-state index contributed by atoms with van der Waals surface area (Å²) in [5.74, 6) is 0.536. The first-order valence-corrected chi connectivity index (χ1v) is 6.25. The van der Waals surface area contributed by atoms with Crippen molar-refractivity contribution in [2.75, 3.05) is 0 Å². The molecule has 1 N–H and O–H groups in total. The molecule has 2 aromatic heterocycles. The molecule has 2 heterocycles. The van der Waals surface area contributed by atoms with Gasteiger partial charge in [0.05, 0.1) is 6.26 Å². The Balaban J connectivity index is 1.81. The number of benzene rings is 1. The van der Waals surface area contributed by atoms with E-state index in [9.17, 15) is 4.79 Å². The van der Waals surface area contributed by atoms with Gasteiger partial charge in [0.2, 0.25) is 11.7 Å². The fourth-order valence-electron chi connectivity index (χ4n) is 2.01. The van der Waals surface area contributed by atoms with Crippen LogP contribution in [0.25, 0.3) is 22.4 Å². The number of hydrogen-bond donors (Lipinski definition) is 1. The van der Waals surface area contributed by atoms with Crippen molar-refractivity contribution in [2.45, 2.75) is 19.3 Å². The molecule has 0 saturated heterocycles. The summed E-state index contributed by atoms with van der Waals surface area (Å²) in [6.07, 6.45) is 2.64. The van der Waals surface area contributed by atoms with Gasteiger partial charge < -0.3 is 14.0 Å². The van der Waals surface area contributed by atoms with Gasteiger partial charge in [-0.3, -0.25) is 4.79 Å². The lowest BCUT2D eigenvalue weighted by Gasteiger charge is -1.91. The Labute approximate surface area is 114 Å². The van der Waals surface area contributed by atoms with Gasteiger partial charge in [-0.1, -0.05) is 29.4 Å². The van der Waals surface area contributed by atoms with Crippen LogP contribution in [0.5, 0.6) is 0 Å². The van der Waals surface area contributed by atoms with E-state index in [1.807, 2.05) is 24.3 Å². The summed E-state index contributed by atoms with van der Waals surface area (Å²) in [5, 5.41) is 14.4. The topological polar surface area (TPSA) is 89.4 Å². The van der Waals surface area contributed by atoms with Crippen LogP contribution in [0.15, 0.2) is 39.5 Å². The zero-order valence-corrected chi connectivity index (χ0v) is 10.6. The SMILES string of the molecule is O=C(O)CCCc1nc(-c2occ3ccccc23)no1. The third kappa shape index (κ3) is 2.40. The smallest absolute Gasteiger partial charge is 0.303 e. The molecule has 0 aliphatic rings. The van der Waals surface area contributed by atoms with Crippen LogP contribution in [0.1, 0.15) is 18.7 Å². The van der Waals surface area contributed by atoms with E-state index in [1.165, 1.54) is 0 Å². The fraction of sp³-hybridized carbons (Fsp3) is 0.214. The molecule has 0 bridgehead atoms. The summed E-state index contributed by atoms with van der Waals surface area (Å²) < 4.78 is 10.6. The standard InChI is InChI=1S/C14H12N2O4/c17-12(18)7-3-6-11-15-14(16-20-11)13-10-5-2-1-4-9(10)8-19-13/h1-2,4-5,8H,3,6-7H2,(H,17,18). The molecular formula is C14H12N2O4. The maximum Gasteiger partial charge on any atom is 0.303 e. The van der Waals surface area contributed by atoms with Crippen molar-refractivity contribution in [1.29, 1.82) is 0 Å². The van der Waals surface area contributed by atoms with Crippen LogP contribution in [0.2, 0.25) is 0 Å². The van der Waals surface area contributed by atoms with Crippen LogP contribution >= 0.6 is 0 Å². The first-order valence-electron chi connectivity index (χ1n) is 6.25. The van der Waals surface area contributed by atoms with Crippen LogP contribution in [0.3, 0.4) is 0 Å². The third-order valence-corrected chi connectivity index (χ3v) is 2.96. The third-order valence-electron chi connectivity index (χ3n) is 2.96. The number of fused-ring (bicyclic) bond motifs is 1. The van der Waals surface area contributed by atoms with E-state index in [1.54, 1.807) is 6.26 Å². The van der Waals surface area contributed by atoms with Gasteiger partial charge in [-0.05, 0) is 6.42 Å². The van der Waals surface area contributed by atoms with Gasteiger partial charge in [-0.2, -0.15) is 4.98 Å². The summed E-state index contributed by atoms with van der Waals surface area (Å²) >= 11 is 0. The number of hydrogen-bond acceptors (Lipinski definition) is 5. The molecule has 3 rings (SSSR count). The van der Waals surface area contributed by atoms with Gasteiger partial charge in [0, 0.05) is 23.6 Å². The maximum atomic E-state index is 10.4. The molecule has 0 aliphatic heterocycles. The molecule has 0 amide bonds. The quantitative estimate of drug-likeness (QED) is 0.768. The monoisotopic (exact) mass is 272 g/mol. The lowest BCUT2D eigenvalue weighted by molar-refractivity contribution is -0.137. The van der Waals surface area contributed by atoms with Crippen molar-refractivity contribution >= 4 is 16.7 Å².